The highest BCUT2D eigenvalue weighted by Crippen LogP contribution is 2.40. The van der Waals surface area contributed by atoms with E-state index in [2.05, 4.69) is 45.5 Å². The highest BCUT2D eigenvalue weighted by atomic mass is 79.9. The molecule has 110 valence electrons. The average molecular weight is 356 g/mol. The van der Waals surface area contributed by atoms with Crippen LogP contribution in [0, 0.1) is 0 Å². The lowest BCUT2D eigenvalue weighted by Crippen LogP contribution is -2.53. The van der Waals surface area contributed by atoms with E-state index in [4.69, 9.17) is 0 Å². The number of halogens is 1. The van der Waals surface area contributed by atoms with Crippen LogP contribution in [0.2, 0.25) is 0 Å². The van der Waals surface area contributed by atoms with Gasteiger partial charge in [0, 0.05) is 26.2 Å². The Morgan fingerprint density at radius 2 is 2.20 bits per heavy atom. The van der Waals surface area contributed by atoms with E-state index in [-0.39, 0.29) is 12.1 Å². The summed E-state index contributed by atoms with van der Waals surface area (Å²) in [7, 11) is 0. The van der Waals surface area contributed by atoms with Crippen LogP contribution in [0.15, 0.2) is 33.6 Å². The van der Waals surface area contributed by atoms with E-state index in [0.29, 0.717) is 11.3 Å². The molecule has 4 heteroatoms. The van der Waals surface area contributed by atoms with Crippen molar-refractivity contribution in [2.75, 3.05) is 6.61 Å². The summed E-state index contributed by atoms with van der Waals surface area (Å²) >= 11 is 5.50. The highest BCUT2D eigenvalue weighted by molar-refractivity contribution is 9.10. The normalized spacial score (nSPS) is 30.4. The standard InChI is InChI=1S/C16H22BrNOS/c17-12-3-1-4-14(9-12)20-15-5-2-8-16(10-15,11-19)18-13-6-7-13/h1,3-4,9,13,15,18-19H,2,5-8,10-11H2. The molecular formula is C16H22BrNOS. The molecular weight excluding hydrogens is 334 g/mol. The molecule has 2 saturated carbocycles. The first-order valence-electron chi connectivity index (χ1n) is 7.50. The summed E-state index contributed by atoms with van der Waals surface area (Å²) < 4.78 is 1.14. The van der Waals surface area contributed by atoms with Crippen LogP contribution in [0.25, 0.3) is 0 Å². The van der Waals surface area contributed by atoms with Crippen LogP contribution < -0.4 is 5.32 Å². The number of hydrogen-bond donors (Lipinski definition) is 2. The van der Waals surface area contributed by atoms with Crippen LogP contribution in [-0.4, -0.2) is 28.5 Å². The molecule has 0 amide bonds. The first-order valence-corrected chi connectivity index (χ1v) is 9.17. The number of nitrogens with one attached hydrogen (secondary N) is 1. The summed E-state index contributed by atoms with van der Waals surface area (Å²) in [6.07, 6.45) is 7.24. The Morgan fingerprint density at radius 1 is 1.35 bits per heavy atom. The molecule has 0 radical (unpaired) electrons. The molecule has 0 bridgehead atoms. The number of hydrogen-bond acceptors (Lipinski definition) is 3. The van der Waals surface area contributed by atoms with Gasteiger partial charge in [0.05, 0.1) is 6.61 Å². The molecule has 0 heterocycles. The van der Waals surface area contributed by atoms with Crippen molar-refractivity contribution in [3.8, 4) is 0 Å². The number of aliphatic hydroxyl groups excluding tert-OH is 1. The maximum absolute atomic E-state index is 9.87. The predicted octanol–water partition coefficient (Wildman–Crippen LogP) is 3.97. The zero-order valence-electron chi connectivity index (χ0n) is 11.6. The number of aliphatic hydroxyl groups is 1. The van der Waals surface area contributed by atoms with Gasteiger partial charge in [-0.3, -0.25) is 0 Å². The van der Waals surface area contributed by atoms with Gasteiger partial charge in [0.2, 0.25) is 0 Å². The van der Waals surface area contributed by atoms with Crippen molar-refractivity contribution in [3.05, 3.63) is 28.7 Å². The molecule has 0 spiro atoms. The summed E-state index contributed by atoms with van der Waals surface area (Å²) in [4.78, 5) is 1.32. The van der Waals surface area contributed by atoms with Crippen LogP contribution in [0.3, 0.4) is 0 Å². The second-order valence-electron chi connectivity index (χ2n) is 6.15. The Kier molecular flexibility index (Phi) is 4.75. The second-order valence-corrected chi connectivity index (χ2v) is 8.44. The SMILES string of the molecule is OCC1(NC2CC2)CCCC(Sc2cccc(Br)c2)C1. The molecule has 2 atom stereocenters. The Morgan fingerprint density at radius 3 is 2.90 bits per heavy atom. The molecule has 2 unspecified atom stereocenters. The van der Waals surface area contributed by atoms with Gasteiger partial charge in [0.25, 0.3) is 0 Å². The van der Waals surface area contributed by atoms with E-state index >= 15 is 0 Å². The topological polar surface area (TPSA) is 32.3 Å². The number of rotatable bonds is 5. The van der Waals surface area contributed by atoms with Crippen molar-refractivity contribution in [3.63, 3.8) is 0 Å². The van der Waals surface area contributed by atoms with Gasteiger partial charge in [0.15, 0.2) is 0 Å². The minimum Gasteiger partial charge on any atom is -0.394 e. The zero-order chi connectivity index (χ0) is 14.0. The lowest BCUT2D eigenvalue weighted by molar-refractivity contribution is 0.122. The maximum Gasteiger partial charge on any atom is 0.0613 e. The van der Waals surface area contributed by atoms with Crippen LogP contribution in [0.5, 0.6) is 0 Å². The van der Waals surface area contributed by atoms with Gasteiger partial charge in [0.1, 0.15) is 0 Å². The van der Waals surface area contributed by atoms with Gasteiger partial charge in [-0.1, -0.05) is 28.4 Å². The van der Waals surface area contributed by atoms with Crippen molar-refractivity contribution in [1.29, 1.82) is 0 Å². The quantitative estimate of drug-likeness (QED) is 0.837. The van der Waals surface area contributed by atoms with Crippen LogP contribution in [0.4, 0.5) is 0 Å². The summed E-state index contributed by atoms with van der Waals surface area (Å²) in [6, 6.07) is 9.19. The zero-order valence-corrected chi connectivity index (χ0v) is 14.0. The maximum atomic E-state index is 9.87. The molecule has 2 aliphatic carbocycles. The van der Waals surface area contributed by atoms with Gasteiger partial charge in [-0.25, -0.2) is 0 Å². The van der Waals surface area contributed by atoms with Gasteiger partial charge in [-0.2, -0.15) is 0 Å². The van der Waals surface area contributed by atoms with Crippen LogP contribution in [0.1, 0.15) is 38.5 Å². The molecule has 0 aliphatic heterocycles. The Hall–Kier alpha value is -0.0300. The van der Waals surface area contributed by atoms with Crippen molar-refractivity contribution in [2.45, 2.75) is 60.3 Å². The Balaban J connectivity index is 1.64. The summed E-state index contributed by atoms with van der Waals surface area (Å²) in [5.41, 5.74) is -0.0247. The third-order valence-electron chi connectivity index (χ3n) is 4.29. The molecule has 2 fully saturated rings. The lowest BCUT2D eigenvalue weighted by Gasteiger charge is -2.40. The minimum atomic E-state index is -0.0247. The number of benzene rings is 1. The fourth-order valence-corrected chi connectivity index (χ4v) is 5.10. The smallest absolute Gasteiger partial charge is 0.0613 e. The Labute approximate surface area is 133 Å². The van der Waals surface area contributed by atoms with E-state index in [1.807, 2.05) is 11.8 Å². The van der Waals surface area contributed by atoms with E-state index < -0.39 is 0 Å². The first-order chi connectivity index (χ1) is 9.69. The van der Waals surface area contributed by atoms with E-state index in [9.17, 15) is 5.11 Å². The fraction of sp³-hybridized carbons (Fsp3) is 0.625. The summed E-state index contributed by atoms with van der Waals surface area (Å²) in [6.45, 7) is 0.277. The molecule has 1 aromatic carbocycles. The Bertz CT molecular complexity index is 466. The van der Waals surface area contributed by atoms with E-state index in [1.54, 1.807) is 0 Å². The lowest BCUT2D eigenvalue weighted by atomic mass is 9.82. The number of thioether (sulfide) groups is 1. The minimum absolute atomic E-state index is 0.0247. The van der Waals surface area contributed by atoms with Gasteiger partial charge in [-0.05, 0) is 50.3 Å². The monoisotopic (exact) mass is 355 g/mol. The molecule has 0 aromatic heterocycles. The van der Waals surface area contributed by atoms with Crippen molar-refractivity contribution < 1.29 is 5.11 Å². The molecule has 2 aliphatic rings. The summed E-state index contributed by atoms with van der Waals surface area (Å²) in [5, 5.41) is 14.2. The van der Waals surface area contributed by atoms with Crippen molar-refractivity contribution in [2.24, 2.45) is 0 Å². The molecule has 0 saturated heterocycles. The van der Waals surface area contributed by atoms with Crippen molar-refractivity contribution >= 4 is 27.7 Å². The molecule has 20 heavy (non-hydrogen) atoms. The predicted molar refractivity (Wildman–Crippen MR) is 88.2 cm³/mol. The van der Waals surface area contributed by atoms with Crippen LogP contribution >= 0.6 is 27.7 Å². The second kappa shape index (κ2) is 6.39. The molecule has 2 N–H and O–H groups in total. The first kappa shape index (κ1) is 14.9. The third-order valence-corrected chi connectivity index (χ3v) is 6.04. The van der Waals surface area contributed by atoms with E-state index in [0.717, 1.165) is 17.3 Å². The van der Waals surface area contributed by atoms with Gasteiger partial charge >= 0.3 is 0 Å². The van der Waals surface area contributed by atoms with Crippen molar-refractivity contribution in [1.82, 2.24) is 5.32 Å². The molecule has 1 aromatic rings. The van der Waals surface area contributed by atoms with E-state index in [1.165, 1.54) is 30.6 Å². The highest BCUT2D eigenvalue weighted by Gasteiger charge is 2.39. The molecule has 3 rings (SSSR count). The molecule has 2 nitrogen and oxygen atoms in total. The van der Waals surface area contributed by atoms with Crippen LogP contribution in [-0.2, 0) is 0 Å². The average Bonchev–Trinajstić information content (AvgIpc) is 3.23. The third kappa shape index (κ3) is 3.79. The fourth-order valence-electron chi connectivity index (χ4n) is 3.12. The largest absolute Gasteiger partial charge is 0.394 e. The van der Waals surface area contributed by atoms with Gasteiger partial charge in [-0.15, -0.1) is 11.8 Å². The van der Waals surface area contributed by atoms with Gasteiger partial charge < -0.3 is 10.4 Å². The summed E-state index contributed by atoms with van der Waals surface area (Å²) in [5.74, 6) is 0.